The van der Waals surface area contributed by atoms with E-state index in [9.17, 15) is 0 Å². The fourth-order valence-electron chi connectivity index (χ4n) is 10.7. The summed E-state index contributed by atoms with van der Waals surface area (Å²) < 4.78 is 13.5. The monoisotopic (exact) mass is 950 g/mol. The van der Waals surface area contributed by atoms with E-state index >= 15 is 0 Å². The van der Waals surface area contributed by atoms with E-state index in [0.717, 1.165) is 113 Å². The van der Waals surface area contributed by atoms with Gasteiger partial charge in [0.25, 0.3) is 0 Å². The topological polar surface area (TPSA) is 31.4 Å². The molecule has 0 saturated heterocycles. The highest BCUT2D eigenvalue weighted by Crippen LogP contribution is 2.54. The van der Waals surface area contributed by atoms with E-state index < -0.39 is 0 Å². The van der Waals surface area contributed by atoms with Crippen molar-refractivity contribution in [2.45, 2.75) is 0 Å². The molecule has 2 heterocycles. The molecule has 2 aliphatic rings. The molecule has 6 nitrogen and oxygen atoms in total. The number of hydrogen-bond acceptors (Lipinski definition) is 6. The minimum Gasteiger partial charge on any atom is -0.453 e. The van der Waals surface area contributed by atoms with E-state index in [2.05, 4.69) is 274 Å². The lowest BCUT2D eigenvalue weighted by molar-refractivity contribution is 0.477. The number of rotatable bonds is 9. The Labute approximate surface area is 430 Å². The predicted octanol–water partition coefficient (Wildman–Crippen LogP) is 19.8. The van der Waals surface area contributed by atoms with Crippen molar-refractivity contribution in [1.29, 1.82) is 0 Å². The van der Waals surface area contributed by atoms with Gasteiger partial charge in [0.15, 0.2) is 23.0 Å². The lowest BCUT2D eigenvalue weighted by atomic mass is 10.0. The predicted molar refractivity (Wildman–Crippen MR) is 306 cm³/mol. The van der Waals surface area contributed by atoms with Gasteiger partial charge in [-0.2, -0.15) is 0 Å². The van der Waals surface area contributed by atoms with Gasteiger partial charge < -0.3 is 29.1 Å². The Morgan fingerprint density at radius 1 is 0.257 bits per heavy atom. The zero-order chi connectivity index (χ0) is 49.0. The standard InChI is InChI=1S/C68H46N4O2/c1-3-21-51(22-4-1)71-61-27-11-13-31-65(61)73-67-45-55(41-43-63(67)71)69(59-29-15-19-49-17-7-9-25-57(49)59)53-37-33-47(34-38-53)48-35-39-54(40-36-48)70(60-30-16-20-50-18-8-10-26-58(50)60)56-42-44-64-68(46-56)74-66-32-14-12-28-62(66)72(64)52-23-5-2-6-24-52/h1-46H. The summed E-state index contributed by atoms with van der Waals surface area (Å²) in [7, 11) is 0. The fourth-order valence-corrected chi connectivity index (χ4v) is 10.7. The van der Waals surface area contributed by atoms with Gasteiger partial charge in [-0.1, -0.05) is 158 Å². The first-order valence-electron chi connectivity index (χ1n) is 25.0. The number of para-hydroxylation sites is 6. The van der Waals surface area contributed by atoms with E-state index in [1.54, 1.807) is 0 Å². The summed E-state index contributed by atoms with van der Waals surface area (Å²) in [6.07, 6.45) is 0. The van der Waals surface area contributed by atoms with Crippen molar-refractivity contribution < 1.29 is 9.47 Å². The van der Waals surface area contributed by atoms with Crippen LogP contribution in [-0.2, 0) is 0 Å². The number of fused-ring (bicyclic) bond motifs is 6. The first-order valence-corrected chi connectivity index (χ1v) is 25.0. The second-order valence-electron chi connectivity index (χ2n) is 18.5. The van der Waals surface area contributed by atoms with E-state index in [-0.39, 0.29) is 0 Å². The van der Waals surface area contributed by atoms with E-state index in [4.69, 9.17) is 9.47 Å². The van der Waals surface area contributed by atoms with Crippen molar-refractivity contribution in [3.05, 3.63) is 279 Å². The summed E-state index contributed by atoms with van der Waals surface area (Å²) in [5, 5.41) is 4.66. The molecule has 2 aliphatic heterocycles. The van der Waals surface area contributed by atoms with E-state index in [1.807, 2.05) is 24.3 Å². The molecule has 0 unspecified atom stereocenters. The second kappa shape index (κ2) is 18.0. The minimum atomic E-state index is 0.784. The molecule has 350 valence electrons. The van der Waals surface area contributed by atoms with Gasteiger partial charge in [-0.25, -0.2) is 0 Å². The van der Waals surface area contributed by atoms with Gasteiger partial charge in [-0.15, -0.1) is 0 Å². The zero-order valence-corrected chi connectivity index (χ0v) is 40.2. The molecule has 12 aromatic rings. The lowest BCUT2D eigenvalue weighted by Gasteiger charge is -2.34. The number of anilines is 12. The van der Waals surface area contributed by atoms with Crippen molar-refractivity contribution in [2.75, 3.05) is 19.6 Å². The van der Waals surface area contributed by atoms with Gasteiger partial charge in [-0.3, -0.25) is 0 Å². The Balaban J connectivity index is 0.838. The van der Waals surface area contributed by atoms with Gasteiger partial charge in [0.05, 0.1) is 45.5 Å². The third-order valence-corrected chi connectivity index (χ3v) is 14.2. The Bertz CT molecular complexity index is 3770. The van der Waals surface area contributed by atoms with E-state index in [0.29, 0.717) is 0 Å². The molecule has 14 rings (SSSR count). The van der Waals surface area contributed by atoms with Crippen LogP contribution in [0.15, 0.2) is 279 Å². The largest absolute Gasteiger partial charge is 0.453 e. The summed E-state index contributed by atoms with van der Waals surface area (Å²) in [6, 6.07) is 98.6. The molecule has 74 heavy (non-hydrogen) atoms. The molecule has 0 saturated carbocycles. The normalized spacial score (nSPS) is 12.2. The molecule has 0 aromatic heterocycles. The van der Waals surface area contributed by atoms with E-state index in [1.165, 1.54) is 10.8 Å². The van der Waals surface area contributed by atoms with Crippen LogP contribution in [0.25, 0.3) is 32.7 Å². The molecule has 0 radical (unpaired) electrons. The summed E-state index contributed by atoms with van der Waals surface area (Å²) in [4.78, 5) is 9.24. The van der Waals surface area contributed by atoms with Crippen LogP contribution in [0.1, 0.15) is 0 Å². The van der Waals surface area contributed by atoms with Crippen molar-refractivity contribution in [3.8, 4) is 34.1 Å². The van der Waals surface area contributed by atoms with Crippen LogP contribution in [0.3, 0.4) is 0 Å². The highest BCUT2D eigenvalue weighted by molar-refractivity contribution is 6.01. The maximum atomic E-state index is 6.74. The molecule has 0 N–H and O–H groups in total. The first-order chi connectivity index (χ1) is 36.7. The Morgan fingerprint density at radius 3 is 1.05 bits per heavy atom. The highest BCUT2D eigenvalue weighted by Gasteiger charge is 2.29. The number of ether oxygens (including phenoxy) is 2. The first kappa shape index (κ1) is 42.8. The zero-order valence-electron chi connectivity index (χ0n) is 40.2. The molecule has 0 spiro atoms. The highest BCUT2D eigenvalue weighted by atomic mass is 16.5. The van der Waals surface area contributed by atoms with Crippen molar-refractivity contribution >= 4 is 89.8 Å². The molecule has 6 heteroatoms. The summed E-state index contributed by atoms with van der Waals surface area (Å²) in [5.41, 5.74) is 14.5. The van der Waals surface area contributed by atoms with Gasteiger partial charge in [0.2, 0.25) is 0 Å². The summed E-state index contributed by atoms with van der Waals surface area (Å²) in [5.74, 6) is 3.19. The Kier molecular flexibility index (Phi) is 10.4. The van der Waals surface area contributed by atoms with Gasteiger partial charge in [0, 0.05) is 45.7 Å². The van der Waals surface area contributed by atoms with Crippen LogP contribution in [-0.4, -0.2) is 0 Å². The molecule has 0 amide bonds. The maximum absolute atomic E-state index is 6.74. The van der Waals surface area contributed by atoms with Crippen LogP contribution in [0.5, 0.6) is 23.0 Å². The Hall–Kier alpha value is -10.0. The average molecular weight is 951 g/mol. The van der Waals surface area contributed by atoms with Crippen LogP contribution >= 0.6 is 0 Å². The van der Waals surface area contributed by atoms with Crippen LogP contribution in [0.2, 0.25) is 0 Å². The molecular weight excluding hydrogens is 905 g/mol. The molecular formula is C68H46N4O2. The summed E-state index contributed by atoms with van der Waals surface area (Å²) >= 11 is 0. The van der Waals surface area contributed by atoms with Crippen molar-refractivity contribution in [2.24, 2.45) is 0 Å². The number of hydrogen-bond donors (Lipinski definition) is 0. The van der Waals surface area contributed by atoms with Crippen molar-refractivity contribution in [3.63, 3.8) is 0 Å². The molecule has 0 bridgehead atoms. The molecule has 12 aromatic carbocycles. The third kappa shape index (κ3) is 7.44. The molecule has 0 atom stereocenters. The molecule has 0 aliphatic carbocycles. The SMILES string of the molecule is c1ccc(N2c3ccccc3Oc3cc(N(c4ccc(-c5ccc(N(c6ccc7c(c6)Oc6ccccc6N7c6ccccc6)c6cccc7ccccc67)cc5)cc4)c4cccc5ccccc45)ccc32)cc1. The van der Waals surface area contributed by atoms with Crippen molar-refractivity contribution in [1.82, 2.24) is 0 Å². The van der Waals surface area contributed by atoms with Crippen LogP contribution in [0, 0.1) is 0 Å². The average Bonchev–Trinajstić information content (AvgIpc) is 3.47. The van der Waals surface area contributed by atoms with Gasteiger partial charge in [0.1, 0.15) is 0 Å². The number of nitrogens with zero attached hydrogens (tertiary/aromatic N) is 4. The Morgan fingerprint density at radius 2 is 0.608 bits per heavy atom. The van der Waals surface area contributed by atoms with Crippen LogP contribution in [0.4, 0.5) is 68.2 Å². The van der Waals surface area contributed by atoms with Gasteiger partial charge >= 0.3 is 0 Å². The second-order valence-corrected chi connectivity index (χ2v) is 18.5. The van der Waals surface area contributed by atoms with Crippen LogP contribution < -0.4 is 29.1 Å². The quantitative estimate of drug-likeness (QED) is 0.143. The molecule has 0 fully saturated rings. The lowest BCUT2D eigenvalue weighted by Crippen LogP contribution is -2.17. The fraction of sp³-hybridized carbons (Fsp3) is 0. The number of benzene rings is 12. The summed E-state index contributed by atoms with van der Waals surface area (Å²) in [6.45, 7) is 0. The third-order valence-electron chi connectivity index (χ3n) is 14.2. The maximum Gasteiger partial charge on any atom is 0.153 e. The smallest absolute Gasteiger partial charge is 0.153 e. The minimum absolute atomic E-state index is 0.784. The van der Waals surface area contributed by atoms with Gasteiger partial charge in [-0.05, 0) is 131 Å².